The van der Waals surface area contributed by atoms with E-state index in [2.05, 4.69) is 16.3 Å². The predicted molar refractivity (Wildman–Crippen MR) is 39.7 cm³/mol. The van der Waals surface area contributed by atoms with Gasteiger partial charge in [-0.3, -0.25) is 0 Å². The number of rotatable bonds is 2. The molecule has 0 aromatic rings. The number of hydrogen-bond acceptors (Lipinski definition) is 1. The van der Waals surface area contributed by atoms with E-state index in [0.29, 0.717) is 0 Å². The molecule has 1 rings (SSSR count). The van der Waals surface area contributed by atoms with E-state index >= 15 is 0 Å². The van der Waals surface area contributed by atoms with Crippen molar-refractivity contribution in [1.29, 1.82) is 0 Å². The number of ether oxygens (including phenoxy) is 1. The van der Waals surface area contributed by atoms with Crippen LogP contribution in [0.1, 0.15) is 0 Å². The maximum absolute atomic E-state index is 12.8. The Bertz CT molecular complexity index is 383. The van der Waals surface area contributed by atoms with Gasteiger partial charge in [0, 0.05) is 0 Å². The molecule has 0 N–H and O–H groups in total. The van der Waals surface area contributed by atoms with Gasteiger partial charge in [-0.2, -0.15) is 39.5 Å². The average Bonchev–Trinajstić information content (AvgIpc) is 2.21. The summed E-state index contributed by atoms with van der Waals surface area (Å²) < 4.78 is 115. The van der Waals surface area contributed by atoms with Crippen LogP contribution in [0.2, 0.25) is 0 Å². The number of allylic oxidation sites excluding steroid dienone is 2. The Morgan fingerprint density at radius 2 is 1.39 bits per heavy atom. The van der Waals surface area contributed by atoms with Crippen molar-refractivity contribution in [3.8, 4) is 0 Å². The highest BCUT2D eigenvalue weighted by atomic mass is 35.5. The van der Waals surface area contributed by atoms with Gasteiger partial charge >= 0.3 is 23.9 Å². The third-order valence-corrected chi connectivity index (χ3v) is 2.34. The van der Waals surface area contributed by atoms with Crippen LogP contribution < -0.4 is 0 Å². The van der Waals surface area contributed by atoms with Gasteiger partial charge in [0.1, 0.15) is 5.03 Å². The van der Waals surface area contributed by atoms with Gasteiger partial charge in [0.15, 0.2) is 12.4 Å². The molecule has 1 aliphatic rings. The minimum absolute atomic E-state index is 2.44. The Hall–Kier alpha value is -0.800. The summed E-state index contributed by atoms with van der Waals surface area (Å²) in [5, 5.41) is -2.44. The second-order valence-corrected chi connectivity index (χ2v) is 3.65. The zero-order chi connectivity index (χ0) is 14.6. The van der Waals surface area contributed by atoms with Crippen molar-refractivity contribution in [1.82, 2.24) is 0 Å². The van der Waals surface area contributed by atoms with Crippen molar-refractivity contribution >= 4 is 11.6 Å². The molecular formula is C7H2ClF9O. The van der Waals surface area contributed by atoms with Crippen molar-refractivity contribution in [2.24, 2.45) is 0 Å². The minimum Gasteiger partial charge on any atom is -0.480 e. The van der Waals surface area contributed by atoms with E-state index in [1.165, 1.54) is 0 Å². The van der Waals surface area contributed by atoms with Gasteiger partial charge in [-0.15, -0.1) is 0 Å². The van der Waals surface area contributed by atoms with Crippen LogP contribution in [0.3, 0.4) is 0 Å². The van der Waals surface area contributed by atoms with Crippen molar-refractivity contribution in [2.45, 2.75) is 23.9 Å². The standard InChI is InChI=1S/C7H2ClF9O/c8-2-3(18-1-4(9,10)11)6(14,15)7(16,17)5(2,12)13/h1H2. The van der Waals surface area contributed by atoms with E-state index in [9.17, 15) is 39.5 Å². The van der Waals surface area contributed by atoms with Crippen molar-refractivity contribution in [3.05, 3.63) is 10.8 Å². The molecule has 0 radical (unpaired) electrons. The fourth-order valence-electron chi connectivity index (χ4n) is 1.07. The molecule has 0 bridgehead atoms. The van der Waals surface area contributed by atoms with Gasteiger partial charge in [0.2, 0.25) is 0 Å². The molecule has 11 heteroatoms. The van der Waals surface area contributed by atoms with Gasteiger partial charge in [-0.05, 0) is 0 Å². The average molecular weight is 309 g/mol. The van der Waals surface area contributed by atoms with E-state index in [-0.39, 0.29) is 0 Å². The Balaban J connectivity index is 3.14. The lowest BCUT2D eigenvalue weighted by molar-refractivity contribution is -0.273. The summed E-state index contributed by atoms with van der Waals surface area (Å²) in [6.45, 7) is -2.44. The molecule has 0 aromatic carbocycles. The summed E-state index contributed by atoms with van der Waals surface area (Å²) in [5.41, 5.74) is 0. The highest BCUT2D eigenvalue weighted by Gasteiger charge is 2.81. The lowest BCUT2D eigenvalue weighted by Crippen LogP contribution is -2.49. The molecule has 0 saturated heterocycles. The quantitative estimate of drug-likeness (QED) is 0.702. The van der Waals surface area contributed by atoms with E-state index in [0.717, 1.165) is 0 Å². The molecule has 0 aromatic heterocycles. The molecule has 1 aliphatic carbocycles. The highest BCUT2D eigenvalue weighted by molar-refractivity contribution is 6.31. The van der Waals surface area contributed by atoms with Crippen LogP contribution in [-0.4, -0.2) is 30.6 Å². The molecule has 0 spiro atoms. The molecular weight excluding hydrogens is 307 g/mol. The smallest absolute Gasteiger partial charge is 0.422 e. The molecule has 0 saturated carbocycles. The first-order chi connectivity index (χ1) is 7.75. The molecule has 106 valence electrons. The largest absolute Gasteiger partial charge is 0.480 e. The normalized spacial score (nSPS) is 25.4. The Morgan fingerprint density at radius 3 is 1.67 bits per heavy atom. The summed E-state index contributed by atoms with van der Waals surface area (Å²) >= 11 is 4.55. The third-order valence-electron chi connectivity index (χ3n) is 1.93. The van der Waals surface area contributed by atoms with Gasteiger partial charge < -0.3 is 4.74 Å². The fraction of sp³-hybridized carbons (Fsp3) is 0.714. The van der Waals surface area contributed by atoms with E-state index in [1.54, 1.807) is 0 Å². The summed E-state index contributed by atoms with van der Waals surface area (Å²) in [4.78, 5) is 0. The van der Waals surface area contributed by atoms with Gasteiger partial charge in [0.05, 0.1) is 0 Å². The van der Waals surface area contributed by atoms with Crippen LogP contribution in [0.15, 0.2) is 10.8 Å². The SMILES string of the molecule is FC(F)(F)COC1=C(Cl)C(F)(F)C(F)(F)C1(F)F. The lowest BCUT2D eigenvalue weighted by atomic mass is 10.2. The van der Waals surface area contributed by atoms with Crippen molar-refractivity contribution in [3.63, 3.8) is 0 Å². The monoisotopic (exact) mass is 308 g/mol. The van der Waals surface area contributed by atoms with Crippen LogP contribution in [0.25, 0.3) is 0 Å². The number of halogens is 10. The third kappa shape index (κ3) is 1.99. The molecule has 0 aliphatic heterocycles. The Morgan fingerprint density at radius 1 is 0.944 bits per heavy atom. The van der Waals surface area contributed by atoms with Crippen molar-refractivity contribution in [2.75, 3.05) is 6.61 Å². The van der Waals surface area contributed by atoms with Gasteiger partial charge in [-0.25, -0.2) is 0 Å². The fourth-order valence-corrected chi connectivity index (χ4v) is 1.36. The van der Waals surface area contributed by atoms with Gasteiger partial charge in [-0.1, -0.05) is 11.6 Å². The van der Waals surface area contributed by atoms with Crippen LogP contribution in [0.5, 0.6) is 0 Å². The van der Waals surface area contributed by atoms with Gasteiger partial charge in [0.25, 0.3) is 0 Å². The lowest BCUT2D eigenvalue weighted by Gasteiger charge is -2.24. The van der Waals surface area contributed by atoms with Crippen molar-refractivity contribution < 1.29 is 44.3 Å². The van der Waals surface area contributed by atoms with E-state index in [4.69, 9.17) is 0 Å². The summed E-state index contributed by atoms with van der Waals surface area (Å²) in [6, 6.07) is 0. The first-order valence-corrected chi connectivity index (χ1v) is 4.36. The molecule has 0 unspecified atom stereocenters. The van der Waals surface area contributed by atoms with E-state index in [1.807, 2.05) is 0 Å². The molecule has 18 heavy (non-hydrogen) atoms. The Kier molecular flexibility index (Phi) is 3.26. The minimum atomic E-state index is -5.96. The first kappa shape index (κ1) is 15.3. The zero-order valence-corrected chi connectivity index (χ0v) is 8.65. The molecule has 1 nitrogen and oxygen atoms in total. The predicted octanol–water partition coefficient (Wildman–Crippen LogP) is 3.94. The molecule has 0 heterocycles. The molecule has 0 atom stereocenters. The number of hydrogen-bond donors (Lipinski definition) is 0. The zero-order valence-electron chi connectivity index (χ0n) is 7.89. The second kappa shape index (κ2) is 3.84. The molecule has 0 fully saturated rings. The van der Waals surface area contributed by atoms with E-state index < -0.39 is 41.3 Å². The van der Waals surface area contributed by atoms with Crippen LogP contribution in [-0.2, 0) is 4.74 Å². The Labute approximate surface area is 98.1 Å². The summed E-state index contributed by atoms with van der Waals surface area (Å²) in [5.74, 6) is -19.7. The second-order valence-electron chi connectivity index (χ2n) is 3.27. The first-order valence-electron chi connectivity index (χ1n) is 3.99. The molecule has 0 amide bonds. The maximum atomic E-state index is 12.8. The van der Waals surface area contributed by atoms with Crippen LogP contribution >= 0.6 is 11.6 Å². The van der Waals surface area contributed by atoms with Crippen LogP contribution in [0.4, 0.5) is 39.5 Å². The summed E-state index contributed by atoms with van der Waals surface area (Å²) in [6.07, 6.45) is -5.17. The maximum Gasteiger partial charge on any atom is 0.422 e. The number of alkyl halides is 9. The summed E-state index contributed by atoms with van der Waals surface area (Å²) in [7, 11) is 0. The van der Waals surface area contributed by atoms with Crippen LogP contribution in [0, 0.1) is 0 Å². The topological polar surface area (TPSA) is 9.23 Å². The highest BCUT2D eigenvalue weighted by Crippen LogP contribution is 2.60.